The Hall–Kier alpha value is -1.06. The smallest absolute Gasteiger partial charge is 0.309 e. The first-order valence-electron chi connectivity index (χ1n) is 4.03. The number of carbonyl (C=O) groups is 2. The van der Waals surface area contributed by atoms with E-state index in [-0.39, 0.29) is 30.8 Å². The molecule has 1 saturated heterocycles. The summed E-state index contributed by atoms with van der Waals surface area (Å²) in [4.78, 5) is 21.3. The van der Waals surface area contributed by atoms with Crippen molar-refractivity contribution in [3.63, 3.8) is 0 Å². The molecule has 4 heteroatoms. The molecule has 2 atom stereocenters. The SMILES string of the molecule is CCC1C(=O)OCC1CC(=O)O. The predicted octanol–water partition coefficient (Wildman–Crippen LogP) is 0.660. The van der Waals surface area contributed by atoms with Crippen molar-refractivity contribution >= 4 is 11.9 Å². The van der Waals surface area contributed by atoms with Crippen molar-refractivity contribution < 1.29 is 19.4 Å². The Bertz CT molecular complexity index is 199. The van der Waals surface area contributed by atoms with E-state index in [1.807, 2.05) is 6.92 Å². The molecule has 1 aliphatic rings. The Labute approximate surface area is 70.5 Å². The zero-order valence-corrected chi connectivity index (χ0v) is 6.95. The summed E-state index contributed by atoms with van der Waals surface area (Å²) < 4.78 is 4.77. The van der Waals surface area contributed by atoms with E-state index in [1.165, 1.54) is 0 Å². The largest absolute Gasteiger partial charge is 0.481 e. The lowest BCUT2D eigenvalue weighted by molar-refractivity contribution is -0.141. The van der Waals surface area contributed by atoms with Crippen LogP contribution in [0.5, 0.6) is 0 Å². The average Bonchev–Trinajstić information content (AvgIpc) is 2.30. The fourth-order valence-electron chi connectivity index (χ4n) is 1.53. The second-order valence-electron chi connectivity index (χ2n) is 3.00. The monoisotopic (exact) mass is 172 g/mol. The summed E-state index contributed by atoms with van der Waals surface area (Å²) >= 11 is 0. The van der Waals surface area contributed by atoms with Gasteiger partial charge in [0.15, 0.2) is 0 Å². The highest BCUT2D eigenvalue weighted by Crippen LogP contribution is 2.27. The highest BCUT2D eigenvalue weighted by molar-refractivity contribution is 5.76. The van der Waals surface area contributed by atoms with Gasteiger partial charge in [-0.3, -0.25) is 9.59 Å². The van der Waals surface area contributed by atoms with E-state index in [2.05, 4.69) is 0 Å². The first-order valence-corrected chi connectivity index (χ1v) is 4.03. The topological polar surface area (TPSA) is 63.6 Å². The number of carboxylic acid groups (broad SMARTS) is 1. The lowest BCUT2D eigenvalue weighted by atomic mass is 9.90. The van der Waals surface area contributed by atoms with E-state index in [9.17, 15) is 9.59 Å². The van der Waals surface area contributed by atoms with Gasteiger partial charge in [-0.2, -0.15) is 0 Å². The molecular formula is C8H12O4. The van der Waals surface area contributed by atoms with Crippen LogP contribution in [0.15, 0.2) is 0 Å². The van der Waals surface area contributed by atoms with Crippen molar-refractivity contribution in [2.24, 2.45) is 11.8 Å². The first kappa shape index (κ1) is 9.03. The number of aliphatic carboxylic acids is 1. The summed E-state index contributed by atoms with van der Waals surface area (Å²) in [5, 5.41) is 8.51. The van der Waals surface area contributed by atoms with Crippen molar-refractivity contribution in [3.8, 4) is 0 Å². The maximum atomic E-state index is 11.0. The molecule has 1 aliphatic heterocycles. The minimum absolute atomic E-state index is 0.0320. The summed E-state index contributed by atoms with van der Waals surface area (Å²) in [6.07, 6.45) is 0.695. The fraction of sp³-hybridized carbons (Fsp3) is 0.750. The third-order valence-electron chi connectivity index (χ3n) is 2.19. The maximum Gasteiger partial charge on any atom is 0.309 e. The number of hydrogen-bond donors (Lipinski definition) is 1. The van der Waals surface area contributed by atoms with Crippen LogP contribution in [0.3, 0.4) is 0 Å². The van der Waals surface area contributed by atoms with Gasteiger partial charge in [-0.25, -0.2) is 0 Å². The third-order valence-corrected chi connectivity index (χ3v) is 2.19. The molecule has 12 heavy (non-hydrogen) atoms. The molecule has 0 aromatic carbocycles. The summed E-state index contributed by atoms with van der Waals surface area (Å²) in [7, 11) is 0. The van der Waals surface area contributed by atoms with Crippen molar-refractivity contribution in [3.05, 3.63) is 0 Å². The van der Waals surface area contributed by atoms with Crippen molar-refractivity contribution in [2.75, 3.05) is 6.61 Å². The lowest BCUT2D eigenvalue weighted by Crippen LogP contribution is -2.18. The van der Waals surface area contributed by atoms with Crippen molar-refractivity contribution in [1.82, 2.24) is 0 Å². The van der Waals surface area contributed by atoms with Gasteiger partial charge in [0.2, 0.25) is 0 Å². The van der Waals surface area contributed by atoms with Crippen LogP contribution in [0.25, 0.3) is 0 Å². The van der Waals surface area contributed by atoms with Gasteiger partial charge in [0.1, 0.15) is 0 Å². The molecule has 2 unspecified atom stereocenters. The van der Waals surface area contributed by atoms with E-state index >= 15 is 0 Å². The Balaban J connectivity index is 2.54. The molecule has 0 amide bonds. The van der Waals surface area contributed by atoms with Gasteiger partial charge in [-0.15, -0.1) is 0 Å². The van der Waals surface area contributed by atoms with E-state index in [0.29, 0.717) is 6.42 Å². The number of esters is 1. The Kier molecular flexibility index (Phi) is 2.68. The van der Waals surface area contributed by atoms with Crippen molar-refractivity contribution in [2.45, 2.75) is 19.8 Å². The van der Waals surface area contributed by atoms with Gasteiger partial charge >= 0.3 is 11.9 Å². The molecule has 4 nitrogen and oxygen atoms in total. The van der Waals surface area contributed by atoms with E-state index in [1.54, 1.807) is 0 Å². The van der Waals surface area contributed by atoms with E-state index in [4.69, 9.17) is 9.84 Å². The quantitative estimate of drug-likeness (QED) is 0.635. The van der Waals surface area contributed by atoms with Gasteiger partial charge < -0.3 is 9.84 Å². The second-order valence-corrected chi connectivity index (χ2v) is 3.00. The number of cyclic esters (lactones) is 1. The highest BCUT2D eigenvalue weighted by atomic mass is 16.5. The Morgan fingerprint density at radius 2 is 2.42 bits per heavy atom. The van der Waals surface area contributed by atoms with Crippen LogP contribution in [-0.4, -0.2) is 23.7 Å². The van der Waals surface area contributed by atoms with Gasteiger partial charge in [-0.1, -0.05) is 6.92 Å². The molecule has 0 aliphatic carbocycles. The maximum absolute atomic E-state index is 11.0. The molecule has 0 radical (unpaired) electrons. The third kappa shape index (κ3) is 1.75. The Morgan fingerprint density at radius 3 is 2.92 bits per heavy atom. The van der Waals surface area contributed by atoms with Crippen LogP contribution in [0.1, 0.15) is 19.8 Å². The number of ether oxygens (including phenoxy) is 1. The van der Waals surface area contributed by atoms with Gasteiger partial charge in [0.25, 0.3) is 0 Å². The zero-order valence-electron chi connectivity index (χ0n) is 6.95. The number of carbonyl (C=O) groups excluding carboxylic acids is 1. The average molecular weight is 172 g/mol. The molecule has 68 valence electrons. The summed E-state index contributed by atoms with van der Waals surface area (Å²) in [5.74, 6) is -1.44. The molecule has 0 aromatic rings. The van der Waals surface area contributed by atoms with E-state index < -0.39 is 5.97 Å². The summed E-state index contributed by atoms with van der Waals surface area (Å²) in [6.45, 7) is 2.13. The minimum Gasteiger partial charge on any atom is -0.481 e. The van der Waals surface area contributed by atoms with Crippen LogP contribution in [0.4, 0.5) is 0 Å². The van der Waals surface area contributed by atoms with Crippen LogP contribution in [0.2, 0.25) is 0 Å². The summed E-state index contributed by atoms with van der Waals surface area (Å²) in [5.41, 5.74) is 0. The molecule has 0 saturated carbocycles. The normalized spacial score (nSPS) is 28.6. The highest BCUT2D eigenvalue weighted by Gasteiger charge is 2.36. The molecule has 0 aromatic heterocycles. The number of rotatable bonds is 3. The lowest BCUT2D eigenvalue weighted by Gasteiger charge is -2.09. The molecule has 1 rings (SSSR count). The molecule has 1 N–H and O–H groups in total. The van der Waals surface area contributed by atoms with Gasteiger partial charge in [-0.05, 0) is 6.42 Å². The predicted molar refractivity (Wildman–Crippen MR) is 40.5 cm³/mol. The first-order chi connectivity index (χ1) is 5.65. The fourth-order valence-corrected chi connectivity index (χ4v) is 1.53. The van der Waals surface area contributed by atoms with Crippen LogP contribution in [-0.2, 0) is 14.3 Å². The van der Waals surface area contributed by atoms with Gasteiger partial charge in [0, 0.05) is 5.92 Å². The molecule has 1 fully saturated rings. The molecule has 1 heterocycles. The molecular weight excluding hydrogens is 160 g/mol. The standard InChI is InChI=1S/C8H12O4/c1-2-6-5(3-7(9)10)4-12-8(6)11/h5-6H,2-4H2,1H3,(H,9,10). The van der Waals surface area contributed by atoms with Crippen LogP contribution in [0, 0.1) is 11.8 Å². The second kappa shape index (κ2) is 3.56. The van der Waals surface area contributed by atoms with Crippen LogP contribution < -0.4 is 0 Å². The minimum atomic E-state index is -0.864. The van der Waals surface area contributed by atoms with Crippen molar-refractivity contribution in [1.29, 1.82) is 0 Å². The molecule has 0 spiro atoms. The van der Waals surface area contributed by atoms with Crippen LogP contribution >= 0.6 is 0 Å². The summed E-state index contributed by atoms with van der Waals surface area (Å²) in [6, 6.07) is 0. The van der Waals surface area contributed by atoms with Gasteiger partial charge in [0.05, 0.1) is 18.9 Å². The van der Waals surface area contributed by atoms with E-state index in [0.717, 1.165) is 0 Å². The zero-order chi connectivity index (χ0) is 9.14. The molecule has 0 bridgehead atoms. The Morgan fingerprint density at radius 1 is 1.75 bits per heavy atom. The number of hydrogen-bond acceptors (Lipinski definition) is 3. The number of carboxylic acids is 1.